The molecule has 2 aromatic rings. The fourth-order valence-corrected chi connectivity index (χ4v) is 2.62. The van der Waals surface area contributed by atoms with E-state index in [1.54, 1.807) is 0 Å². The minimum atomic E-state index is -3.51. The second-order valence-electron chi connectivity index (χ2n) is 4.54. The SMILES string of the molecule is CNS(=O)(=O)c1ccnn1-c1ccc(C(C)C)cc1. The molecule has 102 valence electrons. The van der Waals surface area contributed by atoms with E-state index in [0.717, 1.165) is 5.69 Å². The average Bonchev–Trinajstić information content (AvgIpc) is 2.89. The third-order valence-electron chi connectivity index (χ3n) is 2.96. The third-order valence-corrected chi connectivity index (χ3v) is 4.35. The molecule has 0 fully saturated rings. The monoisotopic (exact) mass is 279 g/mol. The third kappa shape index (κ3) is 2.69. The van der Waals surface area contributed by atoms with Crippen LogP contribution in [0.2, 0.25) is 0 Å². The first-order valence-electron chi connectivity index (χ1n) is 6.03. The predicted octanol–water partition coefficient (Wildman–Crippen LogP) is 1.90. The molecule has 5 nitrogen and oxygen atoms in total. The molecule has 2 rings (SSSR count). The molecule has 19 heavy (non-hydrogen) atoms. The molecule has 6 heteroatoms. The first-order valence-corrected chi connectivity index (χ1v) is 7.52. The van der Waals surface area contributed by atoms with E-state index in [0.29, 0.717) is 5.92 Å². The number of nitrogens with one attached hydrogen (secondary N) is 1. The smallest absolute Gasteiger partial charge is 0.221 e. The first-order chi connectivity index (χ1) is 8.95. The maximum atomic E-state index is 11.9. The normalized spacial score (nSPS) is 12.0. The summed E-state index contributed by atoms with van der Waals surface area (Å²) >= 11 is 0. The Kier molecular flexibility index (Phi) is 3.73. The van der Waals surface area contributed by atoms with Gasteiger partial charge in [0.2, 0.25) is 0 Å². The van der Waals surface area contributed by atoms with Crippen molar-refractivity contribution in [2.75, 3.05) is 7.05 Å². The van der Waals surface area contributed by atoms with Gasteiger partial charge < -0.3 is 0 Å². The first kappa shape index (κ1) is 13.8. The molecule has 0 saturated heterocycles. The van der Waals surface area contributed by atoms with Crippen molar-refractivity contribution in [1.29, 1.82) is 0 Å². The van der Waals surface area contributed by atoms with Crippen LogP contribution in [-0.4, -0.2) is 25.2 Å². The fourth-order valence-electron chi connectivity index (χ4n) is 1.79. The van der Waals surface area contributed by atoms with Crippen LogP contribution in [-0.2, 0) is 10.0 Å². The second kappa shape index (κ2) is 5.14. The highest BCUT2D eigenvalue weighted by Gasteiger charge is 2.18. The van der Waals surface area contributed by atoms with Gasteiger partial charge in [-0.25, -0.2) is 17.8 Å². The van der Waals surface area contributed by atoms with Crippen molar-refractivity contribution in [3.05, 3.63) is 42.1 Å². The Morgan fingerprint density at radius 2 is 1.79 bits per heavy atom. The highest BCUT2D eigenvalue weighted by molar-refractivity contribution is 7.89. The number of sulfonamides is 1. The molecule has 1 N–H and O–H groups in total. The summed E-state index contributed by atoms with van der Waals surface area (Å²) in [7, 11) is -2.13. The van der Waals surface area contributed by atoms with Gasteiger partial charge in [0.1, 0.15) is 0 Å². The van der Waals surface area contributed by atoms with Crippen LogP contribution in [0.15, 0.2) is 41.6 Å². The van der Waals surface area contributed by atoms with E-state index in [1.165, 1.54) is 29.6 Å². The molecule has 0 saturated carbocycles. The summed E-state index contributed by atoms with van der Waals surface area (Å²) in [6, 6.07) is 9.19. The zero-order chi connectivity index (χ0) is 14.0. The molecule has 1 aromatic heterocycles. The zero-order valence-corrected chi connectivity index (χ0v) is 12.0. The van der Waals surface area contributed by atoms with Crippen LogP contribution < -0.4 is 4.72 Å². The molecule has 0 aliphatic heterocycles. The lowest BCUT2D eigenvalue weighted by atomic mass is 10.0. The number of hydrogen-bond donors (Lipinski definition) is 1. The van der Waals surface area contributed by atoms with Gasteiger partial charge >= 0.3 is 0 Å². The van der Waals surface area contributed by atoms with E-state index in [-0.39, 0.29) is 5.03 Å². The van der Waals surface area contributed by atoms with Gasteiger partial charge in [-0.15, -0.1) is 0 Å². The van der Waals surface area contributed by atoms with Gasteiger partial charge in [0.15, 0.2) is 5.03 Å². The summed E-state index contributed by atoms with van der Waals surface area (Å²) in [5.41, 5.74) is 1.93. The largest absolute Gasteiger partial charge is 0.257 e. The summed E-state index contributed by atoms with van der Waals surface area (Å²) < 4.78 is 27.4. The van der Waals surface area contributed by atoms with E-state index >= 15 is 0 Å². The summed E-state index contributed by atoms with van der Waals surface area (Å²) in [6.07, 6.45) is 1.47. The highest BCUT2D eigenvalue weighted by Crippen LogP contribution is 2.19. The molecular weight excluding hydrogens is 262 g/mol. The topological polar surface area (TPSA) is 64.0 Å². The van der Waals surface area contributed by atoms with Crippen molar-refractivity contribution >= 4 is 10.0 Å². The molecule has 0 aliphatic carbocycles. The van der Waals surface area contributed by atoms with Gasteiger partial charge in [-0.1, -0.05) is 26.0 Å². The van der Waals surface area contributed by atoms with Gasteiger partial charge in [-0.05, 0) is 36.7 Å². The maximum absolute atomic E-state index is 11.9. The van der Waals surface area contributed by atoms with Crippen LogP contribution in [0.25, 0.3) is 5.69 Å². The number of aromatic nitrogens is 2. The number of hydrogen-bond acceptors (Lipinski definition) is 3. The van der Waals surface area contributed by atoms with Crippen molar-refractivity contribution in [3.8, 4) is 5.69 Å². The zero-order valence-electron chi connectivity index (χ0n) is 11.2. The minimum Gasteiger partial charge on any atom is -0.221 e. The van der Waals surface area contributed by atoms with Crippen molar-refractivity contribution in [2.45, 2.75) is 24.8 Å². The van der Waals surface area contributed by atoms with Crippen molar-refractivity contribution in [3.63, 3.8) is 0 Å². The lowest BCUT2D eigenvalue weighted by Crippen LogP contribution is -2.21. The maximum Gasteiger partial charge on any atom is 0.257 e. The predicted molar refractivity (Wildman–Crippen MR) is 73.9 cm³/mol. The molecule has 0 radical (unpaired) electrons. The lowest BCUT2D eigenvalue weighted by molar-refractivity contribution is 0.578. The second-order valence-corrected chi connectivity index (χ2v) is 6.37. The Morgan fingerprint density at radius 3 is 2.32 bits per heavy atom. The summed E-state index contributed by atoms with van der Waals surface area (Å²) in [5.74, 6) is 0.437. The standard InChI is InChI=1S/C13H17N3O2S/c1-10(2)11-4-6-12(7-5-11)16-13(8-9-15-16)19(17,18)14-3/h4-10,14H,1-3H3. The molecule has 0 bridgehead atoms. The number of nitrogens with zero attached hydrogens (tertiary/aromatic N) is 2. The molecule has 1 aromatic carbocycles. The summed E-state index contributed by atoms with van der Waals surface area (Å²) in [6.45, 7) is 4.22. The minimum absolute atomic E-state index is 0.132. The summed E-state index contributed by atoms with van der Waals surface area (Å²) in [4.78, 5) is 0. The number of benzene rings is 1. The molecular formula is C13H17N3O2S. The van der Waals surface area contributed by atoms with Crippen LogP contribution in [0.4, 0.5) is 0 Å². The van der Waals surface area contributed by atoms with E-state index in [4.69, 9.17) is 0 Å². The summed E-state index contributed by atoms with van der Waals surface area (Å²) in [5, 5.41) is 4.20. The molecule has 0 atom stereocenters. The molecule has 0 aliphatic rings. The van der Waals surface area contributed by atoms with Crippen molar-refractivity contribution < 1.29 is 8.42 Å². The van der Waals surface area contributed by atoms with Crippen LogP contribution in [0, 0.1) is 0 Å². The Labute approximate surface area is 113 Å². The Hall–Kier alpha value is -1.66. The quantitative estimate of drug-likeness (QED) is 0.929. The van der Waals surface area contributed by atoms with Gasteiger partial charge in [-0.3, -0.25) is 0 Å². The van der Waals surface area contributed by atoms with Crippen LogP contribution >= 0.6 is 0 Å². The van der Waals surface area contributed by atoms with Crippen molar-refractivity contribution in [2.24, 2.45) is 0 Å². The highest BCUT2D eigenvalue weighted by atomic mass is 32.2. The Morgan fingerprint density at radius 1 is 1.16 bits per heavy atom. The van der Waals surface area contributed by atoms with Crippen LogP contribution in [0.5, 0.6) is 0 Å². The molecule has 0 amide bonds. The van der Waals surface area contributed by atoms with E-state index in [2.05, 4.69) is 23.7 Å². The van der Waals surface area contributed by atoms with E-state index < -0.39 is 10.0 Å². The van der Waals surface area contributed by atoms with Gasteiger partial charge in [0, 0.05) is 0 Å². The molecule has 1 heterocycles. The van der Waals surface area contributed by atoms with Crippen LogP contribution in [0.3, 0.4) is 0 Å². The van der Waals surface area contributed by atoms with Crippen LogP contribution in [0.1, 0.15) is 25.3 Å². The lowest BCUT2D eigenvalue weighted by Gasteiger charge is -2.09. The van der Waals surface area contributed by atoms with Gasteiger partial charge in [-0.2, -0.15) is 5.10 Å². The van der Waals surface area contributed by atoms with Gasteiger partial charge in [0.05, 0.1) is 11.9 Å². The van der Waals surface area contributed by atoms with E-state index in [9.17, 15) is 8.42 Å². The van der Waals surface area contributed by atoms with Crippen molar-refractivity contribution in [1.82, 2.24) is 14.5 Å². The fraction of sp³-hybridized carbons (Fsp3) is 0.308. The Bertz CT molecular complexity index is 657. The molecule has 0 spiro atoms. The Balaban J connectivity index is 2.46. The van der Waals surface area contributed by atoms with Gasteiger partial charge in [0.25, 0.3) is 10.0 Å². The molecule has 0 unspecified atom stereocenters. The average molecular weight is 279 g/mol. The van der Waals surface area contributed by atoms with E-state index in [1.807, 2.05) is 24.3 Å². The number of rotatable bonds is 4.